The summed E-state index contributed by atoms with van der Waals surface area (Å²) in [5.74, 6) is 1.000. The molecule has 0 aliphatic rings. The Balaban J connectivity index is 2.35. The van der Waals surface area contributed by atoms with Crippen LogP contribution in [0.3, 0.4) is 0 Å². The Bertz CT molecular complexity index is 256. The van der Waals surface area contributed by atoms with E-state index in [2.05, 4.69) is 29.2 Å². The molecule has 4 heteroatoms. The first-order valence-corrected chi connectivity index (χ1v) is 5.34. The maximum absolute atomic E-state index is 4.17. The summed E-state index contributed by atoms with van der Waals surface area (Å²) in [5, 5.41) is 7.52. The minimum absolute atomic E-state index is 0.608. The van der Waals surface area contributed by atoms with Gasteiger partial charge in [-0.1, -0.05) is 20.3 Å². The van der Waals surface area contributed by atoms with Gasteiger partial charge in [0.15, 0.2) is 0 Å². The lowest BCUT2D eigenvalue weighted by molar-refractivity contribution is 0.449. The molecule has 0 aliphatic carbocycles. The van der Waals surface area contributed by atoms with Crippen LogP contribution in [0.2, 0.25) is 0 Å². The van der Waals surface area contributed by atoms with Crippen LogP contribution in [0, 0.1) is 0 Å². The summed E-state index contributed by atoms with van der Waals surface area (Å²) in [4.78, 5) is 4.17. The van der Waals surface area contributed by atoms with E-state index in [9.17, 15) is 0 Å². The van der Waals surface area contributed by atoms with Crippen LogP contribution in [0.5, 0.6) is 0 Å². The highest BCUT2D eigenvalue weighted by molar-refractivity contribution is 4.83. The normalized spacial score (nSPS) is 13.1. The lowest BCUT2D eigenvalue weighted by atomic mass is 10.1. The number of aromatic nitrogens is 3. The van der Waals surface area contributed by atoms with Gasteiger partial charge in [0.25, 0.3) is 0 Å². The average Bonchev–Trinajstić information content (AvgIpc) is 2.59. The topological polar surface area (TPSA) is 42.7 Å². The molecule has 0 saturated carbocycles. The Hall–Kier alpha value is -0.900. The van der Waals surface area contributed by atoms with Crippen molar-refractivity contribution < 1.29 is 0 Å². The zero-order valence-electron chi connectivity index (χ0n) is 9.32. The second-order valence-electron chi connectivity index (χ2n) is 3.57. The van der Waals surface area contributed by atoms with Crippen LogP contribution >= 0.6 is 0 Å². The summed E-state index contributed by atoms with van der Waals surface area (Å²) in [6, 6.07) is 0.608. The van der Waals surface area contributed by atoms with Crippen molar-refractivity contribution in [3.8, 4) is 0 Å². The van der Waals surface area contributed by atoms with Crippen LogP contribution in [0.4, 0.5) is 0 Å². The lowest BCUT2D eigenvalue weighted by Crippen LogP contribution is -2.28. The summed E-state index contributed by atoms with van der Waals surface area (Å²) < 4.78 is 1.81. The Labute approximate surface area is 85.7 Å². The first-order chi connectivity index (χ1) is 6.77. The van der Waals surface area contributed by atoms with Gasteiger partial charge in [0.1, 0.15) is 12.2 Å². The third-order valence-electron chi connectivity index (χ3n) is 2.48. The third-order valence-corrected chi connectivity index (χ3v) is 2.48. The molecule has 1 unspecified atom stereocenters. The second-order valence-corrected chi connectivity index (χ2v) is 3.57. The van der Waals surface area contributed by atoms with Crippen molar-refractivity contribution >= 4 is 0 Å². The lowest BCUT2D eigenvalue weighted by Gasteiger charge is -2.15. The molecule has 0 aliphatic heterocycles. The van der Waals surface area contributed by atoms with Gasteiger partial charge in [-0.3, -0.25) is 4.68 Å². The van der Waals surface area contributed by atoms with Gasteiger partial charge in [-0.25, -0.2) is 4.98 Å². The van der Waals surface area contributed by atoms with Gasteiger partial charge in [-0.15, -0.1) is 0 Å². The Morgan fingerprint density at radius 1 is 1.50 bits per heavy atom. The quantitative estimate of drug-likeness (QED) is 0.749. The summed E-state index contributed by atoms with van der Waals surface area (Å²) in [6.45, 7) is 5.24. The van der Waals surface area contributed by atoms with Crippen molar-refractivity contribution in [1.82, 2.24) is 20.1 Å². The van der Waals surface area contributed by atoms with Gasteiger partial charge in [0.2, 0.25) is 0 Å². The number of nitrogens with zero attached hydrogens (tertiary/aromatic N) is 3. The molecule has 14 heavy (non-hydrogen) atoms. The molecule has 0 spiro atoms. The molecule has 0 radical (unpaired) electrons. The van der Waals surface area contributed by atoms with Gasteiger partial charge in [-0.05, 0) is 12.8 Å². The minimum atomic E-state index is 0.608. The standard InChI is InChI=1S/C10H20N4/c1-4-6-9(5-2)11-7-10-12-8-13-14(10)3/h8-9,11H,4-7H2,1-3H3. The highest BCUT2D eigenvalue weighted by atomic mass is 15.3. The van der Waals surface area contributed by atoms with Crippen molar-refractivity contribution in [2.75, 3.05) is 0 Å². The highest BCUT2D eigenvalue weighted by Crippen LogP contribution is 2.02. The van der Waals surface area contributed by atoms with Crippen molar-refractivity contribution in [3.63, 3.8) is 0 Å². The van der Waals surface area contributed by atoms with Crippen LogP contribution in [-0.4, -0.2) is 20.8 Å². The van der Waals surface area contributed by atoms with Crippen LogP contribution in [0.15, 0.2) is 6.33 Å². The Kier molecular flexibility index (Phi) is 4.59. The van der Waals surface area contributed by atoms with E-state index in [1.807, 2.05) is 11.7 Å². The van der Waals surface area contributed by atoms with Crippen LogP contribution in [0.25, 0.3) is 0 Å². The van der Waals surface area contributed by atoms with E-state index < -0.39 is 0 Å². The molecule has 1 atom stereocenters. The monoisotopic (exact) mass is 196 g/mol. The maximum atomic E-state index is 4.17. The number of aryl methyl sites for hydroxylation is 1. The van der Waals surface area contributed by atoms with Crippen LogP contribution in [0.1, 0.15) is 38.9 Å². The zero-order valence-corrected chi connectivity index (χ0v) is 9.32. The SMILES string of the molecule is CCCC(CC)NCc1ncnn1C. The summed E-state index contributed by atoms with van der Waals surface area (Å²) in [6.07, 6.45) is 5.22. The smallest absolute Gasteiger partial charge is 0.140 e. The largest absolute Gasteiger partial charge is 0.307 e. The predicted molar refractivity (Wildman–Crippen MR) is 56.8 cm³/mol. The number of hydrogen-bond donors (Lipinski definition) is 1. The molecule has 1 aromatic heterocycles. The van der Waals surface area contributed by atoms with Gasteiger partial charge in [0.05, 0.1) is 6.54 Å². The fourth-order valence-corrected chi connectivity index (χ4v) is 1.51. The molecule has 1 heterocycles. The van der Waals surface area contributed by atoms with Crippen molar-refractivity contribution in [2.24, 2.45) is 7.05 Å². The van der Waals surface area contributed by atoms with Gasteiger partial charge >= 0.3 is 0 Å². The maximum Gasteiger partial charge on any atom is 0.140 e. The molecular formula is C10H20N4. The molecule has 1 N–H and O–H groups in total. The van der Waals surface area contributed by atoms with Crippen molar-refractivity contribution in [2.45, 2.75) is 45.7 Å². The predicted octanol–water partition coefficient (Wildman–Crippen LogP) is 1.48. The molecular weight excluding hydrogens is 176 g/mol. The number of hydrogen-bond acceptors (Lipinski definition) is 3. The fraction of sp³-hybridized carbons (Fsp3) is 0.800. The van der Waals surface area contributed by atoms with Crippen LogP contribution in [-0.2, 0) is 13.6 Å². The summed E-state index contributed by atoms with van der Waals surface area (Å²) >= 11 is 0. The summed E-state index contributed by atoms with van der Waals surface area (Å²) in [7, 11) is 1.92. The van der Waals surface area contributed by atoms with Crippen molar-refractivity contribution in [1.29, 1.82) is 0 Å². The first-order valence-electron chi connectivity index (χ1n) is 5.34. The van der Waals surface area contributed by atoms with Gasteiger partial charge < -0.3 is 5.32 Å². The van der Waals surface area contributed by atoms with Crippen LogP contribution < -0.4 is 5.32 Å². The Morgan fingerprint density at radius 3 is 2.79 bits per heavy atom. The molecule has 0 aromatic carbocycles. The van der Waals surface area contributed by atoms with Gasteiger partial charge in [0, 0.05) is 13.1 Å². The van der Waals surface area contributed by atoms with E-state index in [4.69, 9.17) is 0 Å². The highest BCUT2D eigenvalue weighted by Gasteiger charge is 2.06. The van der Waals surface area contributed by atoms with Gasteiger partial charge in [-0.2, -0.15) is 5.10 Å². The molecule has 1 rings (SSSR count). The Morgan fingerprint density at radius 2 is 2.29 bits per heavy atom. The molecule has 4 nitrogen and oxygen atoms in total. The second kappa shape index (κ2) is 5.75. The van der Waals surface area contributed by atoms with E-state index in [0.29, 0.717) is 6.04 Å². The molecule has 0 fully saturated rings. The third kappa shape index (κ3) is 3.10. The summed E-state index contributed by atoms with van der Waals surface area (Å²) in [5.41, 5.74) is 0. The molecule has 0 bridgehead atoms. The van der Waals surface area contributed by atoms with E-state index in [1.165, 1.54) is 19.3 Å². The van der Waals surface area contributed by atoms with E-state index in [-0.39, 0.29) is 0 Å². The molecule has 0 saturated heterocycles. The van der Waals surface area contributed by atoms with E-state index in [1.54, 1.807) is 6.33 Å². The fourth-order valence-electron chi connectivity index (χ4n) is 1.51. The number of nitrogens with one attached hydrogen (secondary N) is 1. The zero-order chi connectivity index (χ0) is 10.4. The molecule has 80 valence electrons. The molecule has 1 aromatic rings. The van der Waals surface area contributed by atoms with Crippen molar-refractivity contribution in [3.05, 3.63) is 12.2 Å². The number of rotatable bonds is 6. The molecule has 0 amide bonds. The minimum Gasteiger partial charge on any atom is -0.307 e. The average molecular weight is 196 g/mol. The first kappa shape index (κ1) is 11.2. The van der Waals surface area contributed by atoms with E-state index >= 15 is 0 Å². The van der Waals surface area contributed by atoms with E-state index in [0.717, 1.165) is 12.4 Å².